The molecule has 2 N–H and O–H groups in total. The summed E-state index contributed by atoms with van der Waals surface area (Å²) in [5.41, 5.74) is 4.19. The van der Waals surface area contributed by atoms with Crippen LogP contribution in [0.5, 0.6) is 0 Å². The van der Waals surface area contributed by atoms with Crippen LogP contribution in [0.4, 0.5) is 18.0 Å². The van der Waals surface area contributed by atoms with Crippen molar-refractivity contribution in [3.8, 4) is 11.1 Å². The molecule has 0 aromatic heterocycles. The number of hydrogen-bond donors (Lipinski definition) is 2. The minimum Gasteiger partial charge on any atom is -0.480 e. The largest absolute Gasteiger partial charge is 0.480 e. The van der Waals surface area contributed by atoms with Crippen LogP contribution >= 0.6 is 0 Å². The molecule has 0 spiro atoms. The van der Waals surface area contributed by atoms with Crippen molar-refractivity contribution in [3.05, 3.63) is 95.1 Å². The number of aryl methyl sites for hydroxylation is 1. The standard InChI is InChI=1S/C27H24F3NO4/c28-27(29,30)18-14-12-17(13-15-18)6-5-11-24(25(32)33)31-26(34)35-16-23-21-9-3-1-7-19(21)20-8-2-4-10-22(20)23/h1-4,7-10,12-15,23-24H,5-6,11,16H2,(H,31,34)(H,32,33)/t24-/m0/s1. The zero-order chi connectivity index (χ0) is 25.0. The Morgan fingerprint density at radius 3 is 2.03 bits per heavy atom. The number of benzene rings is 3. The highest BCUT2D eigenvalue weighted by Gasteiger charge is 2.31. The molecule has 0 unspecified atom stereocenters. The molecule has 1 aliphatic rings. The molecule has 1 aliphatic carbocycles. The average Bonchev–Trinajstić information content (AvgIpc) is 3.15. The molecule has 3 aromatic carbocycles. The van der Waals surface area contributed by atoms with Gasteiger partial charge in [-0.1, -0.05) is 60.7 Å². The number of hydrogen-bond acceptors (Lipinski definition) is 3. The van der Waals surface area contributed by atoms with Crippen molar-refractivity contribution < 1.29 is 32.6 Å². The van der Waals surface area contributed by atoms with E-state index in [-0.39, 0.29) is 18.9 Å². The third-order valence-corrected chi connectivity index (χ3v) is 6.17. The summed E-state index contributed by atoms with van der Waals surface area (Å²) in [6, 6.07) is 19.3. The number of carboxylic acids is 1. The van der Waals surface area contributed by atoms with Crippen molar-refractivity contribution in [3.63, 3.8) is 0 Å². The number of amides is 1. The second kappa shape index (κ2) is 10.2. The summed E-state index contributed by atoms with van der Waals surface area (Å²) in [5.74, 6) is -1.35. The van der Waals surface area contributed by atoms with E-state index in [2.05, 4.69) is 5.32 Å². The number of halogens is 3. The van der Waals surface area contributed by atoms with Gasteiger partial charge in [0.2, 0.25) is 0 Å². The average molecular weight is 483 g/mol. The Morgan fingerprint density at radius 2 is 1.49 bits per heavy atom. The predicted molar refractivity (Wildman–Crippen MR) is 124 cm³/mol. The monoisotopic (exact) mass is 483 g/mol. The van der Waals surface area contributed by atoms with E-state index in [0.717, 1.165) is 34.4 Å². The molecule has 1 amide bonds. The molecule has 1 atom stereocenters. The van der Waals surface area contributed by atoms with Crippen molar-refractivity contribution in [1.29, 1.82) is 0 Å². The molecule has 182 valence electrons. The summed E-state index contributed by atoms with van der Waals surface area (Å²) in [6.45, 7) is 0.0672. The number of carbonyl (C=O) groups is 2. The number of alkyl halides is 3. The Labute approximate surface area is 200 Å². The van der Waals surface area contributed by atoms with Gasteiger partial charge in [-0.05, 0) is 59.2 Å². The van der Waals surface area contributed by atoms with Gasteiger partial charge in [-0.25, -0.2) is 9.59 Å². The Balaban J connectivity index is 1.31. The fraction of sp³-hybridized carbons (Fsp3) is 0.259. The molecule has 0 saturated carbocycles. The second-order valence-corrected chi connectivity index (χ2v) is 8.45. The summed E-state index contributed by atoms with van der Waals surface area (Å²) in [7, 11) is 0. The lowest BCUT2D eigenvalue weighted by molar-refractivity contribution is -0.139. The molecule has 0 radical (unpaired) electrons. The molecule has 0 saturated heterocycles. The van der Waals surface area contributed by atoms with Gasteiger partial charge in [-0.15, -0.1) is 0 Å². The number of nitrogens with one attached hydrogen (secondary N) is 1. The number of rotatable bonds is 8. The molecule has 0 aliphatic heterocycles. The molecule has 4 rings (SSSR count). The molecule has 5 nitrogen and oxygen atoms in total. The quantitative estimate of drug-likeness (QED) is 0.411. The lowest BCUT2D eigenvalue weighted by atomic mass is 9.98. The number of carboxylic acid groups (broad SMARTS) is 1. The van der Waals surface area contributed by atoms with E-state index >= 15 is 0 Å². The van der Waals surface area contributed by atoms with Crippen molar-refractivity contribution in [2.24, 2.45) is 0 Å². The Hall–Kier alpha value is -3.81. The first-order valence-electron chi connectivity index (χ1n) is 11.2. The summed E-state index contributed by atoms with van der Waals surface area (Å²) in [5, 5.41) is 11.9. The first kappa shape index (κ1) is 24.3. The zero-order valence-corrected chi connectivity index (χ0v) is 18.7. The molecule has 35 heavy (non-hydrogen) atoms. The van der Waals surface area contributed by atoms with Crippen LogP contribution in [0.3, 0.4) is 0 Å². The lowest BCUT2D eigenvalue weighted by Gasteiger charge is -2.17. The first-order chi connectivity index (χ1) is 16.7. The molecule has 3 aromatic rings. The first-order valence-corrected chi connectivity index (χ1v) is 11.2. The molecule has 0 fully saturated rings. The van der Waals surface area contributed by atoms with E-state index in [1.165, 1.54) is 12.1 Å². The number of alkyl carbamates (subject to hydrolysis) is 1. The van der Waals surface area contributed by atoms with Gasteiger partial charge in [0.25, 0.3) is 0 Å². The summed E-state index contributed by atoms with van der Waals surface area (Å²) in [4.78, 5) is 24.0. The molecular weight excluding hydrogens is 459 g/mol. The number of ether oxygens (including phenoxy) is 1. The van der Waals surface area contributed by atoms with Gasteiger partial charge in [0.1, 0.15) is 12.6 Å². The van der Waals surface area contributed by atoms with Crippen molar-refractivity contribution in [2.45, 2.75) is 37.4 Å². The van der Waals surface area contributed by atoms with Crippen LogP contribution < -0.4 is 5.32 Å². The van der Waals surface area contributed by atoms with E-state index in [1.807, 2.05) is 48.5 Å². The molecular formula is C27H24F3NO4. The smallest absolute Gasteiger partial charge is 0.416 e. The highest BCUT2D eigenvalue weighted by molar-refractivity contribution is 5.81. The van der Waals surface area contributed by atoms with Crippen molar-refractivity contribution in [1.82, 2.24) is 5.32 Å². The Bertz CT molecular complexity index is 1160. The Kier molecular flexibility index (Phi) is 7.10. The normalized spacial score (nSPS) is 13.6. The highest BCUT2D eigenvalue weighted by Crippen LogP contribution is 2.44. The lowest BCUT2D eigenvalue weighted by Crippen LogP contribution is -2.41. The third-order valence-electron chi connectivity index (χ3n) is 6.17. The van der Waals surface area contributed by atoms with E-state index in [9.17, 15) is 27.9 Å². The third kappa shape index (κ3) is 5.65. The van der Waals surface area contributed by atoms with Crippen LogP contribution in [0, 0.1) is 0 Å². The maximum atomic E-state index is 12.7. The topological polar surface area (TPSA) is 75.6 Å². The zero-order valence-electron chi connectivity index (χ0n) is 18.7. The maximum absolute atomic E-state index is 12.7. The number of fused-ring (bicyclic) bond motifs is 3. The predicted octanol–water partition coefficient (Wildman–Crippen LogP) is 6.02. The fourth-order valence-electron chi connectivity index (χ4n) is 4.41. The summed E-state index contributed by atoms with van der Waals surface area (Å²) < 4.78 is 43.4. The van der Waals surface area contributed by atoms with Gasteiger partial charge in [-0.2, -0.15) is 13.2 Å². The van der Waals surface area contributed by atoms with E-state index in [1.54, 1.807) is 0 Å². The fourth-order valence-corrected chi connectivity index (χ4v) is 4.41. The van der Waals surface area contributed by atoms with Crippen LogP contribution in [0.2, 0.25) is 0 Å². The Morgan fingerprint density at radius 1 is 0.914 bits per heavy atom. The van der Waals surface area contributed by atoms with E-state index < -0.39 is 29.8 Å². The molecule has 8 heteroatoms. The van der Waals surface area contributed by atoms with Crippen molar-refractivity contribution in [2.75, 3.05) is 6.61 Å². The summed E-state index contributed by atoms with van der Waals surface area (Å²) in [6.07, 6.45) is -4.37. The molecule has 0 heterocycles. The summed E-state index contributed by atoms with van der Waals surface area (Å²) >= 11 is 0. The van der Waals surface area contributed by atoms with Gasteiger partial charge >= 0.3 is 18.2 Å². The van der Waals surface area contributed by atoms with E-state index in [0.29, 0.717) is 18.4 Å². The number of aliphatic carboxylic acids is 1. The van der Waals surface area contributed by atoms with Gasteiger partial charge < -0.3 is 15.2 Å². The maximum Gasteiger partial charge on any atom is 0.416 e. The number of carbonyl (C=O) groups excluding carboxylic acids is 1. The van der Waals surface area contributed by atoms with Crippen LogP contribution in [-0.2, 0) is 22.1 Å². The minimum atomic E-state index is -4.40. The highest BCUT2D eigenvalue weighted by atomic mass is 19.4. The molecule has 0 bridgehead atoms. The van der Waals surface area contributed by atoms with Crippen LogP contribution in [0.25, 0.3) is 11.1 Å². The van der Waals surface area contributed by atoms with Gasteiger partial charge in [0.05, 0.1) is 5.56 Å². The van der Waals surface area contributed by atoms with Crippen LogP contribution in [0.15, 0.2) is 72.8 Å². The SMILES string of the molecule is O=C(N[C@@H](CCCc1ccc(C(F)(F)F)cc1)C(=O)O)OCC1c2ccccc2-c2ccccc21. The van der Waals surface area contributed by atoms with Gasteiger partial charge in [-0.3, -0.25) is 0 Å². The second-order valence-electron chi connectivity index (χ2n) is 8.45. The van der Waals surface area contributed by atoms with E-state index in [4.69, 9.17) is 4.74 Å². The minimum absolute atomic E-state index is 0.0672. The van der Waals surface area contributed by atoms with Gasteiger partial charge in [0, 0.05) is 5.92 Å². The van der Waals surface area contributed by atoms with Crippen LogP contribution in [0.1, 0.15) is 41.0 Å². The van der Waals surface area contributed by atoms with Gasteiger partial charge in [0.15, 0.2) is 0 Å². The van der Waals surface area contributed by atoms with Crippen molar-refractivity contribution >= 4 is 12.1 Å². The van der Waals surface area contributed by atoms with Crippen LogP contribution in [-0.4, -0.2) is 29.8 Å².